The van der Waals surface area contributed by atoms with Crippen molar-refractivity contribution in [3.05, 3.63) is 65.3 Å². The summed E-state index contributed by atoms with van der Waals surface area (Å²) >= 11 is 0. The van der Waals surface area contributed by atoms with E-state index in [1.807, 2.05) is 36.6 Å². The summed E-state index contributed by atoms with van der Waals surface area (Å²) in [6.07, 6.45) is 2.42. The highest BCUT2D eigenvalue weighted by Crippen LogP contribution is 2.41. The fourth-order valence-electron chi connectivity index (χ4n) is 5.90. The van der Waals surface area contributed by atoms with Gasteiger partial charge in [0.2, 0.25) is 15.9 Å². The third-order valence-electron chi connectivity index (χ3n) is 7.69. The first-order valence-corrected chi connectivity index (χ1v) is 14.5. The monoisotopic (exact) mass is 555 g/mol. The molecule has 4 heterocycles. The fraction of sp³-hybridized carbons (Fsp3) is 0.370. The van der Waals surface area contributed by atoms with Crippen molar-refractivity contribution in [1.82, 2.24) is 19.0 Å². The number of nitrogens with zero attached hydrogens (tertiary/aromatic N) is 5. The summed E-state index contributed by atoms with van der Waals surface area (Å²) in [6, 6.07) is 8.49. The molecule has 4 aromatic rings. The van der Waals surface area contributed by atoms with E-state index in [0.717, 1.165) is 34.5 Å². The van der Waals surface area contributed by atoms with Crippen molar-refractivity contribution in [3.63, 3.8) is 0 Å². The molecule has 2 saturated heterocycles. The number of hydrogen-bond donors (Lipinski definition) is 0. The van der Waals surface area contributed by atoms with Crippen molar-refractivity contribution in [3.8, 4) is 11.1 Å². The molecule has 2 atom stereocenters. The third-order valence-corrected chi connectivity index (χ3v) is 8.96. The number of benzene rings is 2. The van der Waals surface area contributed by atoms with Gasteiger partial charge in [-0.1, -0.05) is 11.2 Å². The van der Waals surface area contributed by atoms with Crippen molar-refractivity contribution in [2.24, 2.45) is 0 Å². The predicted molar refractivity (Wildman–Crippen MR) is 141 cm³/mol. The molecule has 12 heteroatoms. The van der Waals surface area contributed by atoms with Gasteiger partial charge in [-0.15, -0.1) is 0 Å². The van der Waals surface area contributed by atoms with E-state index in [4.69, 9.17) is 9.51 Å². The minimum absolute atomic E-state index is 0.216. The number of aromatic nitrogens is 3. The van der Waals surface area contributed by atoms with Crippen LogP contribution in [0.2, 0.25) is 0 Å². The lowest BCUT2D eigenvalue weighted by atomic mass is 10.0. The first-order valence-electron chi connectivity index (χ1n) is 12.7. The molecule has 2 aromatic carbocycles. The second-order valence-corrected chi connectivity index (χ2v) is 12.2. The van der Waals surface area contributed by atoms with Crippen LogP contribution in [0.25, 0.3) is 22.2 Å². The number of sulfonamides is 1. The van der Waals surface area contributed by atoms with Crippen LogP contribution >= 0.6 is 0 Å². The highest BCUT2D eigenvalue weighted by Gasteiger charge is 2.40. The van der Waals surface area contributed by atoms with E-state index < -0.39 is 27.7 Å². The first-order chi connectivity index (χ1) is 18.5. The molecule has 2 fully saturated rings. The van der Waals surface area contributed by atoms with E-state index in [9.17, 15) is 22.0 Å². The highest BCUT2D eigenvalue weighted by atomic mass is 32.2. The molecular weight excluding hydrogens is 528 g/mol. The molecule has 204 valence electrons. The van der Waals surface area contributed by atoms with Gasteiger partial charge >= 0.3 is 0 Å². The molecule has 0 radical (unpaired) electrons. The van der Waals surface area contributed by atoms with E-state index in [-0.39, 0.29) is 30.6 Å². The van der Waals surface area contributed by atoms with Crippen LogP contribution in [0.3, 0.4) is 0 Å². The van der Waals surface area contributed by atoms with Crippen LogP contribution in [0.5, 0.6) is 0 Å². The van der Waals surface area contributed by atoms with Crippen molar-refractivity contribution in [1.29, 1.82) is 0 Å². The number of rotatable bonds is 5. The van der Waals surface area contributed by atoms with Gasteiger partial charge in [0.1, 0.15) is 11.6 Å². The van der Waals surface area contributed by atoms with Gasteiger partial charge in [-0.25, -0.2) is 26.5 Å². The van der Waals surface area contributed by atoms with Crippen molar-refractivity contribution < 1.29 is 26.5 Å². The quantitative estimate of drug-likeness (QED) is 0.355. The molecule has 0 N–H and O–H groups in total. The number of carbonyl (C=O) groups is 1. The Bertz CT molecular complexity index is 1710. The van der Waals surface area contributed by atoms with Crippen molar-refractivity contribution in [2.45, 2.75) is 45.2 Å². The van der Waals surface area contributed by atoms with Gasteiger partial charge in [0.25, 0.3) is 0 Å². The molecule has 2 aliphatic heterocycles. The lowest BCUT2D eigenvalue weighted by Gasteiger charge is -2.27. The molecule has 2 unspecified atom stereocenters. The number of imidazole rings is 1. The standard InChI is InChI=1S/C27H27F2N5O4S/c1-15-26(16(2)38-31-15)17-4-7-23-22(12-17)30-27(34(23)19-10-11-32(14-19)39(3,36)37)24-8-9-25(35)33(24)18-5-6-20(28)21(29)13-18/h4-7,12-13,19,24H,8-11,14H2,1-3H3. The average Bonchev–Trinajstić information content (AvgIpc) is 3.65. The number of halogens is 2. The lowest BCUT2D eigenvalue weighted by molar-refractivity contribution is -0.117. The van der Waals surface area contributed by atoms with Gasteiger partial charge in [-0.3, -0.25) is 4.79 Å². The zero-order valence-corrected chi connectivity index (χ0v) is 22.5. The molecule has 0 aliphatic carbocycles. The normalized spacial score (nSPS) is 20.5. The average molecular weight is 556 g/mol. The Morgan fingerprint density at radius 3 is 2.51 bits per heavy atom. The van der Waals surface area contributed by atoms with E-state index in [1.165, 1.54) is 21.5 Å². The van der Waals surface area contributed by atoms with Crippen molar-refractivity contribution >= 4 is 32.7 Å². The maximum atomic E-state index is 14.2. The Labute approximate surface area is 224 Å². The van der Waals surface area contributed by atoms with Crippen LogP contribution in [-0.2, 0) is 14.8 Å². The maximum Gasteiger partial charge on any atom is 0.227 e. The number of fused-ring (bicyclic) bond motifs is 1. The summed E-state index contributed by atoms with van der Waals surface area (Å²) in [5.41, 5.74) is 4.21. The number of carbonyl (C=O) groups excluding carboxylic acids is 1. The summed E-state index contributed by atoms with van der Waals surface area (Å²) in [5, 5.41) is 4.05. The van der Waals surface area contributed by atoms with Crippen LogP contribution in [0.4, 0.5) is 14.5 Å². The molecule has 9 nitrogen and oxygen atoms in total. The summed E-state index contributed by atoms with van der Waals surface area (Å²) in [7, 11) is -3.39. The Kier molecular flexibility index (Phi) is 6.07. The molecule has 39 heavy (non-hydrogen) atoms. The molecule has 0 bridgehead atoms. The van der Waals surface area contributed by atoms with Crippen LogP contribution in [-0.4, -0.2) is 52.7 Å². The van der Waals surface area contributed by atoms with Gasteiger partial charge in [-0.2, -0.15) is 0 Å². The SMILES string of the molecule is Cc1noc(C)c1-c1ccc2c(c1)nc(C1CCC(=O)N1c1ccc(F)c(F)c1)n2C1CCN(S(C)(=O)=O)C1. The van der Waals surface area contributed by atoms with Gasteiger partial charge in [0.05, 0.1) is 35.1 Å². The number of anilines is 1. The fourth-order valence-corrected chi connectivity index (χ4v) is 6.78. The maximum absolute atomic E-state index is 14.2. The minimum atomic E-state index is -3.39. The van der Waals surface area contributed by atoms with Gasteiger partial charge in [-0.05, 0) is 56.5 Å². The molecule has 6 rings (SSSR count). The topological polar surface area (TPSA) is 102 Å². The number of hydrogen-bond acceptors (Lipinski definition) is 6. The second kappa shape index (κ2) is 9.23. The Morgan fingerprint density at radius 1 is 1.05 bits per heavy atom. The molecular formula is C27H27F2N5O4S. The summed E-state index contributed by atoms with van der Waals surface area (Å²) < 4.78 is 61.3. The summed E-state index contributed by atoms with van der Waals surface area (Å²) in [4.78, 5) is 19.5. The number of aryl methyl sites for hydroxylation is 2. The zero-order chi connectivity index (χ0) is 27.6. The Balaban J connectivity index is 1.51. The minimum Gasteiger partial charge on any atom is -0.361 e. The number of amides is 1. The summed E-state index contributed by atoms with van der Waals surface area (Å²) in [6.45, 7) is 4.35. The van der Waals surface area contributed by atoms with Crippen molar-refractivity contribution in [2.75, 3.05) is 24.2 Å². The predicted octanol–water partition coefficient (Wildman–Crippen LogP) is 4.66. The van der Waals surface area contributed by atoms with E-state index >= 15 is 0 Å². The van der Waals surface area contributed by atoms with Gasteiger partial charge in [0, 0.05) is 36.8 Å². The second-order valence-electron chi connectivity index (χ2n) is 10.2. The smallest absolute Gasteiger partial charge is 0.227 e. The molecule has 1 amide bonds. The van der Waals surface area contributed by atoms with Gasteiger partial charge < -0.3 is 14.0 Å². The van der Waals surface area contributed by atoms with Crippen LogP contribution in [0.15, 0.2) is 40.9 Å². The largest absolute Gasteiger partial charge is 0.361 e. The zero-order valence-electron chi connectivity index (χ0n) is 21.7. The van der Waals surface area contributed by atoms with Crippen LogP contribution < -0.4 is 4.90 Å². The molecule has 0 saturated carbocycles. The van der Waals surface area contributed by atoms with Crippen LogP contribution in [0.1, 0.15) is 48.6 Å². The first kappa shape index (κ1) is 25.6. The van der Waals surface area contributed by atoms with Gasteiger partial charge in [0.15, 0.2) is 11.6 Å². The third kappa shape index (κ3) is 4.31. The van der Waals surface area contributed by atoms with E-state index in [0.29, 0.717) is 36.5 Å². The summed E-state index contributed by atoms with van der Waals surface area (Å²) in [5.74, 6) is -0.991. The Morgan fingerprint density at radius 2 is 1.85 bits per heavy atom. The molecule has 0 spiro atoms. The van der Waals surface area contributed by atoms with E-state index in [2.05, 4.69) is 5.16 Å². The Hall–Kier alpha value is -3.64. The van der Waals surface area contributed by atoms with E-state index in [1.54, 1.807) is 0 Å². The molecule has 2 aromatic heterocycles. The molecule has 2 aliphatic rings. The lowest BCUT2D eigenvalue weighted by Crippen LogP contribution is -2.31. The van der Waals surface area contributed by atoms with Crippen LogP contribution in [0, 0.1) is 25.5 Å². The highest BCUT2D eigenvalue weighted by molar-refractivity contribution is 7.88.